The molecular weight excluding hydrogens is 281 g/mol. The number of carbonyl (C=O) groups excluding carboxylic acids is 1. The number of carbonyl (C=O) groups is 1. The first-order chi connectivity index (χ1) is 9.65. The Morgan fingerprint density at radius 2 is 2.00 bits per heavy atom. The van der Waals surface area contributed by atoms with Crippen LogP contribution in [0.4, 0.5) is 18.9 Å². The lowest BCUT2D eigenvalue weighted by Crippen LogP contribution is -2.29. The summed E-state index contributed by atoms with van der Waals surface area (Å²) < 4.78 is 38.4. The summed E-state index contributed by atoms with van der Waals surface area (Å²) in [5, 5.41) is 5.71. The second-order valence-corrected chi connectivity index (χ2v) is 6.01. The van der Waals surface area contributed by atoms with Crippen LogP contribution >= 0.6 is 0 Å². The van der Waals surface area contributed by atoms with E-state index in [1.54, 1.807) is 0 Å². The standard InChI is InChI=1S/C15H19F3N2O/c1-4-19-11-6-5-9(15(16,17)18)7-10(11)13(21)20-12-8-14(12,2)3/h5-7,12,19H,4,8H2,1-3H3,(H,20,21). The van der Waals surface area contributed by atoms with Gasteiger partial charge in [0.05, 0.1) is 11.1 Å². The van der Waals surface area contributed by atoms with Gasteiger partial charge in [0.1, 0.15) is 0 Å². The number of benzene rings is 1. The number of halogens is 3. The first-order valence-corrected chi connectivity index (χ1v) is 6.91. The molecule has 1 saturated carbocycles. The van der Waals surface area contributed by atoms with Crippen LogP contribution in [0.25, 0.3) is 0 Å². The van der Waals surface area contributed by atoms with E-state index in [4.69, 9.17) is 0 Å². The Hall–Kier alpha value is -1.72. The topological polar surface area (TPSA) is 41.1 Å². The first-order valence-electron chi connectivity index (χ1n) is 6.91. The Bertz CT molecular complexity index is 552. The summed E-state index contributed by atoms with van der Waals surface area (Å²) >= 11 is 0. The van der Waals surface area contributed by atoms with Gasteiger partial charge in [-0.15, -0.1) is 0 Å². The van der Waals surface area contributed by atoms with Crippen LogP contribution in [0, 0.1) is 5.41 Å². The van der Waals surface area contributed by atoms with Crippen LogP contribution in [0.15, 0.2) is 18.2 Å². The molecule has 3 nitrogen and oxygen atoms in total. The summed E-state index contributed by atoms with van der Waals surface area (Å²) in [6, 6.07) is 3.21. The van der Waals surface area contributed by atoms with E-state index in [1.165, 1.54) is 6.07 Å². The van der Waals surface area contributed by atoms with Gasteiger partial charge in [-0.05, 0) is 37.0 Å². The second kappa shape index (κ2) is 5.24. The summed E-state index contributed by atoms with van der Waals surface area (Å²) in [6.07, 6.45) is -3.62. The molecule has 21 heavy (non-hydrogen) atoms. The van der Waals surface area contributed by atoms with Crippen molar-refractivity contribution in [3.8, 4) is 0 Å². The van der Waals surface area contributed by atoms with Crippen molar-refractivity contribution in [2.24, 2.45) is 5.41 Å². The van der Waals surface area contributed by atoms with Crippen LogP contribution in [0.2, 0.25) is 0 Å². The maximum Gasteiger partial charge on any atom is 0.416 e. The molecule has 2 N–H and O–H groups in total. The molecule has 0 aromatic heterocycles. The van der Waals surface area contributed by atoms with Gasteiger partial charge in [0.2, 0.25) is 0 Å². The number of anilines is 1. The van der Waals surface area contributed by atoms with Gasteiger partial charge < -0.3 is 10.6 Å². The van der Waals surface area contributed by atoms with Crippen LogP contribution in [0.3, 0.4) is 0 Å². The second-order valence-electron chi connectivity index (χ2n) is 6.01. The summed E-state index contributed by atoms with van der Waals surface area (Å²) in [6.45, 7) is 6.37. The molecule has 0 bridgehead atoms. The lowest BCUT2D eigenvalue weighted by molar-refractivity contribution is -0.137. The van der Waals surface area contributed by atoms with Crippen molar-refractivity contribution in [1.82, 2.24) is 5.32 Å². The fourth-order valence-electron chi connectivity index (χ4n) is 2.20. The van der Waals surface area contributed by atoms with E-state index < -0.39 is 17.6 Å². The van der Waals surface area contributed by atoms with Gasteiger partial charge >= 0.3 is 6.18 Å². The van der Waals surface area contributed by atoms with Gasteiger partial charge in [-0.25, -0.2) is 0 Å². The third kappa shape index (κ3) is 3.49. The van der Waals surface area contributed by atoms with Crippen molar-refractivity contribution in [1.29, 1.82) is 0 Å². The Labute approximate surface area is 121 Å². The summed E-state index contributed by atoms with van der Waals surface area (Å²) in [7, 11) is 0. The summed E-state index contributed by atoms with van der Waals surface area (Å²) in [5.41, 5.74) is -0.337. The average molecular weight is 300 g/mol. The van der Waals surface area contributed by atoms with E-state index in [0.29, 0.717) is 12.2 Å². The molecule has 0 aliphatic heterocycles. The zero-order valence-corrected chi connectivity index (χ0v) is 12.3. The molecule has 6 heteroatoms. The summed E-state index contributed by atoms with van der Waals surface area (Å²) in [5.74, 6) is -0.465. The van der Waals surface area contributed by atoms with Crippen molar-refractivity contribution < 1.29 is 18.0 Å². The highest BCUT2D eigenvalue weighted by molar-refractivity contribution is 6.00. The Morgan fingerprint density at radius 1 is 1.38 bits per heavy atom. The molecule has 0 saturated heterocycles. The minimum Gasteiger partial charge on any atom is -0.385 e. The first kappa shape index (κ1) is 15.7. The highest BCUT2D eigenvalue weighted by Gasteiger charge is 2.46. The van der Waals surface area contributed by atoms with Crippen LogP contribution < -0.4 is 10.6 Å². The summed E-state index contributed by atoms with van der Waals surface area (Å²) in [4.78, 5) is 12.2. The number of alkyl halides is 3. The third-order valence-electron chi connectivity index (χ3n) is 3.78. The average Bonchev–Trinajstić information content (AvgIpc) is 2.95. The number of amides is 1. The molecular formula is C15H19F3N2O. The van der Waals surface area contributed by atoms with Gasteiger partial charge in [-0.2, -0.15) is 13.2 Å². The van der Waals surface area contributed by atoms with E-state index in [2.05, 4.69) is 10.6 Å². The zero-order chi connectivity index (χ0) is 15.8. The minimum atomic E-state index is -4.46. The van der Waals surface area contributed by atoms with Crippen molar-refractivity contribution in [2.45, 2.75) is 39.4 Å². The van der Waals surface area contributed by atoms with Crippen LogP contribution in [0.1, 0.15) is 43.1 Å². The fourth-order valence-corrected chi connectivity index (χ4v) is 2.20. The lowest BCUT2D eigenvalue weighted by atomic mass is 10.1. The van der Waals surface area contributed by atoms with Crippen LogP contribution in [-0.4, -0.2) is 18.5 Å². The Balaban J connectivity index is 2.27. The maximum absolute atomic E-state index is 12.8. The van der Waals surface area contributed by atoms with Crippen LogP contribution in [-0.2, 0) is 6.18 Å². The third-order valence-corrected chi connectivity index (χ3v) is 3.78. The molecule has 0 spiro atoms. The van der Waals surface area contributed by atoms with E-state index >= 15 is 0 Å². The molecule has 0 radical (unpaired) electrons. The van der Waals surface area contributed by atoms with E-state index in [9.17, 15) is 18.0 Å². The molecule has 1 aliphatic carbocycles. The number of hydrogen-bond donors (Lipinski definition) is 2. The molecule has 1 fully saturated rings. The normalized spacial score (nSPS) is 20.0. The predicted octanol–water partition coefficient (Wildman–Crippen LogP) is 3.67. The predicted molar refractivity (Wildman–Crippen MR) is 75.3 cm³/mol. The number of nitrogens with one attached hydrogen (secondary N) is 2. The lowest BCUT2D eigenvalue weighted by Gasteiger charge is -2.15. The maximum atomic E-state index is 12.8. The van der Waals surface area contributed by atoms with E-state index in [1.807, 2.05) is 20.8 Å². The van der Waals surface area contributed by atoms with Gasteiger partial charge in [-0.3, -0.25) is 4.79 Å². The molecule has 1 unspecified atom stereocenters. The molecule has 1 atom stereocenters. The highest BCUT2D eigenvalue weighted by Crippen LogP contribution is 2.44. The minimum absolute atomic E-state index is 0.0222. The molecule has 0 heterocycles. The fraction of sp³-hybridized carbons (Fsp3) is 0.533. The smallest absolute Gasteiger partial charge is 0.385 e. The Kier molecular flexibility index (Phi) is 3.91. The van der Waals surface area contributed by atoms with Crippen molar-refractivity contribution >= 4 is 11.6 Å². The van der Waals surface area contributed by atoms with Gasteiger partial charge in [0.15, 0.2) is 0 Å². The zero-order valence-electron chi connectivity index (χ0n) is 12.3. The number of rotatable bonds is 4. The van der Waals surface area contributed by atoms with Gasteiger partial charge in [-0.1, -0.05) is 13.8 Å². The molecule has 116 valence electrons. The monoisotopic (exact) mass is 300 g/mol. The quantitative estimate of drug-likeness (QED) is 0.891. The van der Waals surface area contributed by atoms with Crippen molar-refractivity contribution in [2.75, 3.05) is 11.9 Å². The molecule has 1 amide bonds. The molecule has 1 aromatic rings. The molecule has 2 rings (SSSR count). The van der Waals surface area contributed by atoms with Gasteiger partial charge in [0.25, 0.3) is 5.91 Å². The van der Waals surface area contributed by atoms with Gasteiger partial charge in [0, 0.05) is 18.3 Å². The Morgan fingerprint density at radius 3 is 2.48 bits per heavy atom. The van der Waals surface area contributed by atoms with E-state index in [0.717, 1.165) is 18.6 Å². The molecule has 1 aromatic carbocycles. The largest absolute Gasteiger partial charge is 0.416 e. The van der Waals surface area contributed by atoms with Crippen LogP contribution in [0.5, 0.6) is 0 Å². The van der Waals surface area contributed by atoms with Crippen molar-refractivity contribution in [3.05, 3.63) is 29.3 Å². The SMILES string of the molecule is CCNc1ccc(C(F)(F)F)cc1C(=O)NC1CC1(C)C. The van der Waals surface area contributed by atoms with Crippen molar-refractivity contribution in [3.63, 3.8) is 0 Å². The van der Waals surface area contributed by atoms with E-state index in [-0.39, 0.29) is 17.0 Å². The molecule has 1 aliphatic rings. The highest BCUT2D eigenvalue weighted by atomic mass is 19.4. The number of hydrogen-bond acceptors (Lipinski definition) is 2.